The fourth-order valence-electron chi connectivity index (χ4n) is 1.85. The monoisotopic (exact) mass is 249 g/mol. The van der Waals surface area contributed by atoms with Crippen molar-refractivity contribution in [2.45, 2.75) is 32.7 Å². The van der Waals surface area contributed by atoms with Crippen LogP contribution in [0.5, 0.6) is 0 Å². The van der Waals surface area contributed by atoms with Crippen LogP contribution in [-0.2, 0) is 6.42 Å². The Kier molecular flexibility index (Phi) is 4.40. The van der Waals surface area contributed by atoms with Gasteiger partial charge in [-0.25, -0.2) is 0 Å². The van der Waals surface area contributed by atoms with Gasteiger partial charge in [0.15, 0.2) is 0 Å². The van der Waals surface area contributed by atoms with Crippen LogP contribution in [-0.4, -0.2) is 6.54 Å². The van der Waals surface area contributed by atoms with Gasteiger partial charge in [0.05, 0.1) is 6.04 Å². The first-order valence-corrected chi connectivity index (χ1v) is 7.13. The quantitative estimate of drug-likeness (QED) is 0.837. The summed E-state index contributed by atoms with van der Waals surface area (Å²) < 4.78 is 5.86. The third-order valence-electron chi connectivity index (χ3n) is 2.79. The number of thiophene rings is 1. The summed E-state index contributed by atoms with van der Waals surface area (Å²) in [6, 6.07) is 6.51. The van der Waals surface area contributed by atoms with Gasteiger partial charge in [0.2, 0.25) is 0 Å². The summed E-state index contributed by atoms with van der Waals surface area (Å²) in [6.45, 7) is 5.29. The number of aryl methyl sites for hydroxylation is 1. The molecule has 0 spiro atoms. The zero-order valence-electron chi connectivity index (χ0n) is 10.4. The molecule has 0 aliphatic carbocycles. The second-order valence-electron chi connectivity index (χ2n) is 4.10. The first kappa shape index (κ1) is 12.4. The summed E-state index contributed by atoms with van der Waals surface area (Å²) in [5.41, 5.74) is 1.29. The average molecular weight is 249 g/mol. The minimum Gasteiger partial charge on any atom is -0.464 e. The van der Waals surface area contributed by atoms with E-state index in [2.05, 4.69) is 48.1 Å². The highest BCUT2D eigenvalue weighted by atomic mass is 32.1. The van der Waals surface area contributed by atoms with Crippen molar-refractivity contribution in [1.82, 2.24) is 5.32 Å². The highest BCUT2D eigenvalue weighted by Gasteiger charge is 2.17. The van der Waals surface area contributed by atoms with E-state index in [1.54, 1.807) is 11.3 Å². The fourth-order valence-corrected chi connectivity index (χ4v) is 2.54. The summed E-state index contributed by atoms with van der Waals surface area (Å²) in [5, 5.41) is 7.83. The van der Waals surface area contributed by atoms with Crippen molar-refractivity contribution >= 4 is 11.3 Å². The Bertz CT molecular complexity index is 433. The van der Waals surface area contributed by atoms with Crippen LogP contribution in [0.1, 0.15) is 43.4 Å². The van der Waals surface area contributed by atoms with Crippen LogP contribution in [0.4, 0.5) is 0 Å². The van der Waals surface area contributed by atoms with Crippen LogP contribution in [0, 0.1) is 0 Å². The Balaban J connectivity index is 2.20. The van der Waals surface area contributed by atoms with E-state index < -0.39 is 0 Å². The van der Waals surface area contributed by atoms with Gasteiger partial charge in [0.1, 0.15) is 11.5 Å². The number of rotatable bonds is 6. The van der Waals surface area contributed by atoms with E-state index in [1.165, 1.54) is 5.56 Å². The van der Waals surface area contributed by atoms with Gasteiger partial charge in [-0.1, -0.05) is 13.8 Å². The topological polar surface area (TPSA) is 25.2 Å². The molecule has 92 valence electrons. The molecule has 2 nitrogen and oxygen atoms in total. The van der Waals surface area contributed by atoms with Crippen molar-refractivity contribution in [3.05, 3.63) is 46.0 Å². The molecule has 2 aromatic rings. The van der Waals surface area contributed by atoms with Crippen LogP contribution >= 0.6 is 11.3 Å². The van der Waals surface area contributed by atoms with E-state index in [-0.39, 0.29) is 6.04 Å². The Morgan fingerprint density at radius 1 is 1.29 bits per heavy atom. The van der Waals surface area contributed by atoms with Gasteiger partial charge in [0, 0.05) is 6.42 Å². The summed E-state index contributed by atoms with van der Waals surface area (Å²) >= 11 is 1.73. The van der Waals surface area contributed by atoms with E-state index in [4.69, 9.17) is 4.42 Å². The molecule has 0 aliphatic rings. The number of furan rings is 1. The fraction of sp³-hybridized carbons (Fsp3) is 0.429. The lowest BCUT2D eigenvalue weighted by Gasteiger charge is -2.15. The summed E-state index contributed by atoms with van der Waals surface area (Å²) in [7, 11) is 0. The van der Waals surface area contributed by atoms with E-state index in [0.29, 0.717) is 0 Å². The van der Waals surface area contributed by atoms with Crippen molar-refractivity contribution in [1.29, 1.82) is 0 Å². The van der Waals surface area contributed by atoms with Gasteiger partial charge in [-0.15, -0.1) is 0 Å². The molecule has 3 heteroatoms. The molecule has 0 bridgehead atoms. The highest BCUT2D eigenvalue weighted by Crippen LogP contribution is 2.25. The van der Waals surface area contributed by atoms with Crippen molar-refractivity contribution in [3.63, 3.8) is 0 Å². The van der Waals surface area contributed by atoms with E-state index in [1.807, 2.05) is 0 Å². The van der Waals surface area contributed by atoms with Gasteiger partial charge >= 0.3 is 0 Å². The molecule has 2 rings (SSSR count). The maximum absolute atomic E-state index is 5.86. The van der Waals surface area contributed by atoms with Crippen molar-refractivity contribution in [3.8, 4) is 0 Å². The zero-order chi connectivity index (χ0) is 12.1. The molecular formula is C14H19NOS. The molecule has 1 N–H and O–H groups in total. The third-order valence-corrected chi connectivity index (χ3v) is 3.49. The number of hydrogen-bond donors (Lipinski definition) is 1. The molecule has 1 atom stereocenters. The molecule has 1 unspecified atom stereocenters. The molecule has 0 radical (unpaired) electrons. The van der Waals surface area contributed by atoms with E-state index in [0.717, 1.165) is 30.9 Å². The molecule has 0 amide bonds. The van der Waals surface area contributed by atoms with Crippen molar-refractivity contribution < 1.29 is 4.42 Å². The Labute approximate surface area is 107 Å². The Morgan fingerprint density at radius 2 is 2.18 bits per heavy atom. The molecule has 17 heavy (non-hydrogen) atoms. The molecular weight excluding hydrogens is 230 g/mol. The predicted octanol–water partition coefficient (Wildman–Crippen LogP) is 3.99. The van der Waals surface area contributed by atoms with Gasteiger partial charge in [-0.05, 0) is 47.5 Å². The SMILES string of the molecule is CCCNC(c1ccsc1)c1ccc(CC)o1. The smallest absolute Gasteiger partial charge is 0.125 e. The number of nitrogens with one attached hydrogen (secondary N) is 1. The van der Waals surface area contributed by atoms with Crippen LogP contribution in [0.15, 0.2) is 33.4 Å². The minimum atomic E-state index is 0.196. The third kappa shape index (κ3) is 2.99. The van der Waals surface area contributed by atoms with E-state index >= 15 is 0 Å². The predicted molar refractivity (Wildman–Crippen MR) is 72.5 cm³/mol. The van der Waals surface area contributed by atoms with Gasteiger partial charge in [-0.3, -0.25) is 0 Å². The summed E-state index contributed by atoms with van der Waals surface area (Å²) in [5.74, 6) is 2.08. The minimum absolute atomic E-state index is 0.196. The molecule has 0 fully saturated rings. The van der Waals surface area contributed by atoms with Crippen molar-refractivity contribution in [2.24, 2.45) is 0 Å². The van der Waals surface area contributed by atoms with E-state index in [9.17, 15) is 0 Å². The summed E-state index contributed by atoms with van der Waals surface area (Å²) in [6.07, 6.45) is 2.08. The molecule has 2 heterocycles. The van der Waals surface area contributed by atoms with Crippen LogP contribution in [0.25, 0.3) is 0 Å². The van der Waals surface area contributed by atoms with Crippen LogP contribution < -0.4 is 5.32 Å². The second kappa shape index (κ2) is 6.03. The number of hydrogen-bond acceptors (Lipinski definition) is 3. The first-order valence-electron chi connectivity index (χ1n) is 6.19. The molecule has 0 saturated heterocycles. The van der Waals surface area contributed by atoms with Gasteiger partial charge < -0.3 is 9.73 Å². The largest absolute Gasteiger partial charge is 0.464 e. The normalized spacial score (nSPS) is 12.8. The second-order valence-corrected chi connectivity index (χ2v) is 4.88. The Hall–Kier alpha value is -1.06. The van der Waals surface area contributed by atoms with Crippen molar-refractivity contribution in [2.75, 3.05) is 6.54 Å². The summed E-state index contributed by atoms with van der Waals surface area (Å²) in [4.78, 5) is 0. The molecule has 2 aromatic heterocycles. The van der Waals surface area contributed by atoms with Crippen LogP contribution in [0.3, 0.4) is 0 Å². The maximum atomic E-state index is 5.86. The zero-order valence-corrected chi connectivity index (χ0v) is 11.2. The Morgan fingerprint density at radius 3 is 2.76 bits per heavy atom. The lowest BCUT2D eigenvalue weighted by molar-refractivity contribution is 0.422. The standard InChI is InChI=1S/C14H19NOS/c1-3-8-15-14(11-7-9-17-10-11)13-6-5-12(4-2)16-13/h5-7,9-10,14-15H,3-4,8H2,1-2H3. The first-order chi connectivity index (χ1) is 8.35. The maximum Gasteiger partial charge on any atom is 0.125 e. The highest BCUT2D eigenvalue weighted by molar-refractivity contribution is 7.08. The molecule has 0 aliphatic heterocycles. The lowest BCUT2D eigenvalue weighted by Crippen LogP contribution is -2.22. The molecule has 0 aromatic carbocycles. The van der Waals surface area contributed by atoms with Crippen LogP contribution in [0.2, 0.25) is 0 Å². The van der Waals surface area contributed by atoms with Gasteiger partial charge in [0.25, 0.3) is 0 Å². The lowest BCUT2D eigenvalue weighted by atomic mass is 10.1. The average Bonchev–Trinajstić information content (AvgIpc) is 3.00. The molecule has 0 saturated carbocycles. The van der Waals surface area contributed by atoms with Gasteiger partial charge in [-0.2, -0.15) is 11.3 Å².